The largest absolute Gasteiger partial charge is 0.321 e. The van der Waals surface area contributed by atoms with Crippen molar-refractivity contribution in [3.63, 3.8) is 0 Å². The van der Waals surface area contributed by atoms with E-state index in [-0.39, 0.29) is 17.9 Å². The first-order valence-corrected chi connectivity index (χ1v) is 4.16. The minimum Gasteiger partial charge on any atom is -0.321 e. The molecule has 74 valence electrons. The minimum absolute atomic E-state index is 0. The molecule has 0 bridgehead atoms. The number of rotatable bonds is 2. The first kappa shape index (κ1) is 12.3. The molecule has 0 heterocycles. The molecule has 2 nitrogen and oxygen atoms in total. The smallest absolute Gasteiger partial charge is 0.0487 e. The molecule has 0 amide bonds. The van der Waals surface area contributed by atoms with Crippen LogP contribution >= 0.6 is 12.4 Å². The van der Waals surface area contributed by atoms with Gasteiger partial charge in [0.2, 0.25) is 0 Å². The topological polar surface area (TPSA) is 24.1 Å². The number of hydrogen-bond donors (Lipinski definition) is 2. The lowest BCUT2D eigenvalue weighted by atomic mass is 10.1. The number of nitrogens with one attached hydrogen (secondary N) is 2. The van der Waals surface area contributed by atoms with Gasteiger partial charge in [-0.25, -0.2) is 5.43 Å². The summed E-state index contributed by atoms with van der Waals surface area (Å²) in [6.45, 7) is 6.34. The average Bonchev–Trinajstić information content (AvgIpc) is 2.02. The third-order valence-corrected chi connectivity index (χ3v) is 1.36. The second-order valence-corrected chi connectivity index (χ2v) is 3.87. The Kier molecular flexibility index (Phi) is 4.81. The second-order valence-electron chi connectivity index (χ2n) is 3.87. The van der Waals surface area contributed by atoms with Gasteiger partial charge in [-0.05, 0) is 32.9 Å². The molecule has 0 radical (unpaired) electrons. The summed E-state index contributed by atoms with van der Waals surface area (Å²) >= 11 is 0. The quantitative estimate of drug-likeness (QED) is 0.718. The third-order valence-electron chi connectivity index (χ3n) is 1.36. The van der Waals surface area contributed by atoms with E-state index in [0.29, 0.717) is 0 Å². The molecule has 1 aromatic rings. The highest BCUT2D eigenvalue weighted by atomic mass is 35.5. The van der Waals surface area contributed by atoms with Crippen LogP contribution in [0.4, 0.5) is 5.69 Å². The average molecular weight is 201 g/mol. The van der Waals surface area contributed by atoms with Gasteiger partial charge < -0.3 is 5.43 Å². The Labute approximate surface area is 86.1 Å². The molecule has 2 N–H and O–H groups in total. The fraction of sp³-hybridized carbons (Fsp3) is 0.400. The monoisotopic (exact) mass is 200 g/mol. The van der Waals surface area contributed by atoms with Crippen molar-refractivity contribution in [1.82, 2.24) is 5.43 Å². The summed E-state index contributed by atoms with van der Waals surface area (Å²) in [7, 11) is 0. The van der Waals surface area contributed by atoms with E-state index in [1.165, 1.54) is 0 Å². The summed E-state index contributed by atoms with van der Waals surface area (Å²) in [5, 5.41) is 0. The minimum atomic E-state index is 0. The highest BCUT2D eigenvalue weighted by Gasteiger charge is 2.07. The van der Waals surface area contributed by atoms with Crippen molar-refractivity contribution in [2.45, 2.75) is 26.3 Å². The number of hydrazine groups is 1. The SMILES string of the molecule is CC(C)(C)NNc1ccccc1.Cl. The fourth-order valence-electron chi connectivity index (χ4n) is 0.781. The highest BCUT2D eigenvalue weighted by Crippen LogP contribution is 2.05. The van der Waals surface area contributed by atoms with Crippen molar-refractivity contribution in [3.05, 3.63) is 30.3 Å². The van der Waals surface area contributed by atoms with E-state index in [4.69, 9.17) is 0 Å². The van der Waals surface area contributed by atoms with E-state index in [2.05, 4.69) is 31.6 Å². The van der Waals surface area contributed by atoms with Crippen LogP contribution in [0, 0.1) is 0 Å². The van der Waals surface area contributed by atoms with Crippen LogP contribution in [-0.2, 0) is 0 Å². The molecule has 0 aromatic heterocycles. The van der Waals surface area contributed by atoms with E-state index in [0.717, 1.165) is 5.69 Å². The summed E-state index contributed by atoms with van der Waals surface area (Å²) in [5.74, 6) is 0. The molecule has 0 unspecified atom stereocenters. The van der Waals surface area contributed by atoms with Gasteiger partial charge >= 0.3 is 0 Å². The van der Waals surface area contributed by atoms with Crippen molar-refractivity contribution < 1.29 is 0 Å². The number of halogens is 1. The summed E-state index contributed by atoms with van der Waals surface area (Å²) in [6.07, 6.45) is 0. The maximum absolute atomic E-state index is 3.19. The lowest BCUT2D eigenvalue weighted by molar-refractivity contribution is 0.466. The summed E-state index contributed by atoms with van der Waals surface area (Å²) in [4.78, 5) is 0. The Morgan fingerprint density at radius 3 is 2.00 bits per heavy atom. The number of para-hydroxylation sites is 1. The molecule has 0 aliphatic carbocycles. The Morgan fingerprint density at radius 2 is 1.54 bits per heavy atom. The summed E-state index contributed by atoms with van der Waals surface area (Å²) in [5.41, 5.74) is 7.51. The molecule has 13 heavy (non-hydrogen) atoms. The maximum Gasteiger partial charge on any atom is 0.0487 e. The number of hydrogen-bond acceptors (Lipinski definition) is 2. The molecule has 0 aliphatic rings. The fourth-order valence-corrected chi connectivity index (χ4v) is 0.781. The van der Waals surface area contributed by atoms with Crippen molar-refractivity contribution >= 4 is 18.1 Å². The van der Waals surface area contributed by atoms with Crippen LogP contribution in [0.1, 0.15) is 20.8 Å². The zero-order chi connectivity index (χ0) is 9.03. The first-order valence-electron chi connectivity index (χ1n) is 4.16. The Bertz CT molecular complexity index is 228. The van der Waals surface area contributed by atoms with Gasteiger partial charge in [0.25, 0.3) is 0 Å². The standard InChI is InChI=1S/C10H16N2.ClH/c1-10(2,3)12-11-9-7-5-4-6-8-9;/h4-8,11-12H,1-3H3;1H. The molecule has 0 aliphatic heterocycles. The van der Waals surface area contributed by atoms with Gasteiger partial charge in [0.15, 0.2) is 0 Å². The first-order chi connectivity index (χ1) is 5.58. The molecular weight excluding hydrogens is 184 g/mol. The number of anilines is 1. The van der Waals surface area contributed by atoms with Gasteiger partial charge in [-0.1, -0.05) is 18.2 Å². The van der Waals surface area contributed by atoms with Gasteiger partial charge in [-0.2, -0.15) is 0 Å². The lowest BCUT2D eigenvalue weighted by Crippen LogP contribution is -2.40. The molecule has 0 saturated carbocycles. The van der Waals surface area contributed by atoms with Gasteiger partial charge in [0.1, 0.15) is 0 Å². The molecule has 1 rings (SSSR count). The molecule has 1 aromatic carbocycles. The normalized spacial score (nSPS) is 10.4. The molecule has 0 spiro atoms. The van der Waals surface area contributed by atoms with Crippen molar-refractivity contribution in [2.24, 2.45) is 0 Å². The highest BCUT2D eigenvalue weighted by molar-refractivity contribution is 5.85. The molecule has 3 heteroatoms. The van der Waals surface area contributed by atoms with E-state index in [1.54, 1.807) is 0 Å². The molecule has 0 atom stereocenters. The van der Waals surface area contributed by atoms with E-state index in [9.17, 15) is 0 Å². The van der Waals surface area contributed by atoms with Crippen molar-refractivity contribution in [2.75, 3.05) is 5.43 Å². The van der Waals surface area contributed by atoms with Crippen LogP contribution in [0.5, 0.6) is 0 Å². The molecule has 0 saturated heterocycles. The van der Waals surface area contributed by atoms with E-state index in [1.807, 2.05) is 30.3 Å². The van der Waals surface area contributed by atoms with Crippen LogP contribution in [-0.4, -0.2) is 5.54 Å². The van der Waals surface area contributed by atoms with Crippen LogP contribution in [0.3, 0.4) is 0 Å². The van der Waals surface area contributed by atoms with Crippen LogP contribution < -0.4 is 10.9 Å². The lowest BCUT2D eigenvalue weighted by Gasteiger charge is -2.21. The second kappa shape index (κ2) is 5.10. The predicted octanol–water partition coefficient (Wildman–Crippen LogP) is 2.82. The molecule has 0 fully saturated rings. The summed E-state index contributed by atoms with van der Waals surface area (Å²) in [6, 6.07) is 10.1. The van der Waals surface area contributed by atoms with E-state index >= 15 is 0 Å². The Morgan fingerprint density at radius 1 is 1.00 bits per heavy atom. The van der Waals surface area contributed by atoms with Gasteiger partial charge in [0.05, 0.1) is 0 Å². The van der Waals surface area contributed by atoms with Crippen molar-refractivity contribution in [3.8, 4) is 0 Å². The van der Waals surface area contributed by atoms with Crippen molar-refractivity contribution in [1.29, 1.82) is 0 Å². The third kappa shape index (κ3) is 5.50. The number of benzene rings is 1. The Hall–Kier alpha value is -0.730. The molecular formula is C10H17ClN2. The zero-order valence-corrected chi connectivity index (χ0v) is 9.11. The van der Waals surface area contributed by atoms with Crippen LogP contribution in [0.2, 0.25) is 0 Å². The predicted molar refractivity (Wildman–Crippen MR) is 60.2 cm³/mol. The van der Waals surface area contributed by atoms with E-state index < -0.39 is 0 Å². The van der Waals surface area contributed by atoms with Gasteiger partial charge in [0, 0.05) is 11.2 Å². The Balaban J connectivity index is 0.00000144. The summed E-state index contributed by atoms with van der Waals surface area (Å²) < 4.78 is 0. The van der Waals surface area contributed by atoms with Crippen LogP contribution in [0.25, 0.3) is 0 Å². The van der Waals surface area contributed by atoms with Gasteiger partial charge in [-0.15, -0.1) is 12.4 Å². The van der Waals surface area contributed by atoms with Gasteiger partial charge in [-0.3, -0.25) is 0 Å². The van der Waals surface area contributed by atoms with Crippen LogP contribution in [0.15, 0.2) is 30.3 Å². The maximum atomic E-state index is 3.19. The zero-order valence-electron chi connectivity index (χ0n) is 8.29.